The van der Waals surface area contributed by atoms with E-state index in [1.807, 2.05) is 29.6 Å². The number of benzene rings is 1. The van der Waals surface area contributed by atoms with Crippen molar-refractivity contribution in [3.8, 4) is 0 Å². The van der Waals surface area contributed by atoms with Gasteiger partial charge in [0.25, 0.3) is 0 Å². The number of nitrogens with zero attached hydrogens (tertiary/aromatic N) is 1. The molecule has 4 nitrogen and oxygen atoms in total. The third-order valence-corrected chi connectivity index (χ3v) is 4.09. The molecule has 0 aliphatic heterocycles. The Balaban J connectivity index is 2.35. The van der Waals surface area contributed by atoms with Crippen LogP contribution < -0.4 is 4.90 Å². The number of rotatable bonds is 6. The van der Waals surface area contributed by atoms with Gasteiger partial charge in [-0.3, -0.25) is 14.5 Å². The molecule has 2 rings (SSSR count). The van der Waals surface area contributed by atoms with Crippen LogP contribution in [0.15, 0.2) is 29.6 Å². The largest absolute Gasteiger partial charge is 0.480 e. The second-order valence-electron chi connectivity index (χ2n) is 4.28. The van der Waals surface area contributed by atoms with Crippen molar-refractivity contribution < 1.29 is 14.7 Å². The summed E-state index contributed by atoms with van der Waals surface area (Å²) in [4.78, 5) is 24.5. The predicted octanol–water partition coefficient (Wildman–Crippen LogP) is 3.34. The Labute approximate surface area is 125 Å². The normalized spacial score (nSPS) is 10.7. The molecule has 0 saturated heterocycles. The predicted molar refractivity (Wildman–Crippen MR) is 81.8 cm³/mol. The fraction of sp³-hybridized carbons (Fsp3) is 0.286. The van der Waals surface area contributed by atoms with E-state index in [4.69, 9.17) is 16.7 Å². The lowest BCUT2D eigenvalue weighted by Crippen LogP contribution is -2.35. The van der Waals surface area contributed by atoms with Crippen LogP contribution in [0.3, 0.4) is 0 Å². The molecule has 20 heavy (non-hydrogen) atoms. The van der Waals surface area contributed by atoms with Gasteiger partial charge in [-0.15, -0.1) is 22.9 Å². The third kappa shape index (κ3) is 3.29. The molecule has 0 unspecified atom stereocenters. The molecule has 1 aromatic carbocycles. The molecular formula is C14H14ClNO3S. The number of hydrogen-bond donors (Lipinski definition) is 1. The number of aliphatic carboxylic acids is 1. The number of thiophene rings is 1. The number of carbonyl (C=O) groups is 2. The summed E-state index contributed by atoms with van der Waals surface area (Å²) < 4.78 is 1.03. The number of fused-ring (bicyclic) bond motifs is 1. The minimum absolute atomic E-state index is 0.211. The van der Waals surface area contributed by atoms with E-state index in [0.717, 1.165) is 10.1 Å². The fourth-order valence-corrected chi connectivity index (χ4v) is 3.05. The van der Waals surface area contributed by atoms with Crippen molar-refractivity contribution >= 4 is 50.6 Å². The summed E-state index contributed by atoms with van der Waals surface area (Å²) in [6.07, 6.45) is 0.791. The molecule has 0 spiro atoms. The Morgan fingerprint density at radius 2 is 2.05 bits per heavy atom. The van der Waals surface area contributed by atoms with Crippen LogP contribution in [0.4, 0.5) is 5.69 Å². The molecule has 2 aromatic rings. The maximum atomic E-state index is 12.2. The molecule has 0 aliphatic carbocycles. The van der Waals surface area contributed by atoms with Gasteiger partial charge < -0.3 is 5.11 Å². The van der Waals surface area contributed by atoms with Gasteiger partial charge in [-0.2, -0.15) is 0 Å². The van der Waals surface area contributed by atoms with Gasteiger partial charge in [0, 0.05) is 27.8 Å². The number of carbonyl (C=O) groups excluding carboxylic acids is 1. The van der Waals surface area contributed by atoms with Crippen molar-refractivity contribution in [2.24, 2.45) is 0 Å². The minimum atomic E-state index is -1.03. The van der Waals surface area contributed by atoms with Crippen LogP contribution in [0.25, 0.3) is 10.1 Å². The molecule has 1 aromatic heterocycles. The van der Waals surface area contributed by atoms with Crippen molar-refractivity contribution in [1.82, 2.24) is 0 Å². The van der Waals surface area contributed by atoms with E-state index in [-0.39, 0.29) is 18.9 Å². The van der Waals surface area contributed by atoms with Crippen LogP contribution in [0.1, 0.15) is 12.8 Å². The quantitative estimate of drug-likeness (QED) is 0.832. The van der Waals surface area contributed by atoms with Crippen molar-refractivity contribution in [2.45, 2.75) is 12.8 Å². The summed E-state index contributed by atoms with van der Waals surface area (Å²) in [6.45, 7) is -0.332. The van der Waals surface area contributed by atoms with Crippen molar-refractivity contribution in [3.05, 3.63) is 29.6 Å². The van der Waals surface area contributed by atoms with E-state index in [2.05, 4.69) is 0 Å². The number of carboxylic acids is 1. The second-order valence-corrected chi connectivity index (χ2v) is 5.57. The highest BCUT2D eigenvalue weighted by atomic mass is 35.5. The monoisotopic (exact) mass is 311 g/mol. The standard InChI is InChI=1S/C14H14ClNO3S/c15-7-3-6-13(17)16(8-14(18)19)11-9-20-12-5-2-1-4-10(11)12/h1-2,4-5,9H,3,6-8H2,(H,18,19). The SMILES string of the molecule is O=C(O)CN(C(=O)CCCCl)c1csc2ccccc12. The summed E-state index contributed by atoms with van der Waals surface area (Å²) in [6, 6.07) is 7.64. The van der Waals surface area contributed by atoms with Crippen LogP contribution in [-0.2, 0) is 9.59 Å². The lowest BCUT2D eigenvalue weighted by Gasteiger charge is -2.20. The molecule has 0 atom stereocenters. The Morgan fingerprint density at radius 3 is 2.75 bits per heavy atom. The molecule has 0 aliphatic rings. The highest BCUT2D eigenvalue weighted by Gasteiger charge is 2.21. The van der Waals surface area contributed by atoms with Gasteiger partial charge in [-0.1, -0.05) is 18.2 Å². The molecule has 0 fully saturated rings. The number of anilines is 1. The van der Waals surface area contributed by atoms with Crippen LogP contribution >= 0.6 is 22.9 Å². The van der Waals surface area contributed by atoms with Gasteiger partial charge in [-0.25, -0.2) is 0 Å². The lowest BCUT2D eigenvalue weighted by molar-refractivity contribution is -0.136. The Morgan fingerprint density at radius 1 is 1.30 bits per heavy atom. The average Bonchev–Trinajstić information content (AvgIpc) is 2.85. The van der Waals surface area contributed by atoms with E-state index in [1.165, 1.54) is 16.2 Å². The van der Waals surface area contributed by atoms with Crippen LogP contribution in [0, 0.1) is 0 Å². The van der Waals surface area contributed by atoms with E-state index in [1.54, 1.807) is 0 Å². The van der Waals surface area contributed by atoms with Gasteiger partial charge in [0.1, 0.15) is 6.54 Å². The van der Waals surface area contributed by atoms with Gasteiger partial charge in [0.2, 0.25) is 5.91 Å². The minimum Gasteiger partial charge on any atom is -0.480 e. The Bertz CT molecular complexity index is 626. The van der Waals surface area contributed by atoms with Crippen molar-refractivity contribution in [2.75, 3.05) is 17.3 Å². The maximum Gasteiger partial charge on any atom is 0.323 e. The highest BCUT2D eigenvalue weighted by Crippen LogP contribution is 2.33. The van der Waals surface area contributed by atoms with E-state index in [0.29, 0.717) is 18.0 Å². The summed E-state index contributed by atoms with van der Waals surface area (Å²) in [5.74, 6) is -0.854. The van der Waals surface area contributed by atoms with Gasteiger partial charge in [0.05, 0.1) is 5.69 Å². The van der Waals surface area contributed by atoms with Gasteiger partial charge in [0.15, 0.2) is 0 Å². The van der Waals surface area contributed by atoms with E-state index >= 15 is 0 Å². The first-order chi connectivity index (χ1) is 9.63. The molecule has 1 heterocycles. The van der Waals surface area contributed by atoms with Crippen molar-refractivity contribution in [3.63, 3.8) is 0 Å². The van der Waals surface area contributed by atoms with Gasteiger partial charge >= 0.3 is 5.97 Å². The second kappa shape index (κ2) is 6.72. The van der Waals surface area contributed by atoms with Crippen LogP contribution in [0.5, 0.6) is 0 Å². The molecule has 0 saturated carbocycles. The number of hydrogen-bond acceptors (Lipinski definition) is 3. The summed E-state index contributed by atoms with van der Waals surface area (Å²) in [5, 5.41) is 11.7. The van der Waals surface area contributed by atoms with E-state index < -0.39 is 5.97 Å². The fourth-order valence-electron chi connectivity index (χ4n) is 1.97. The summed E-state index contributed by atoms with van der Waals surface area (Å²) in [5.41, 5.74) is 0.660. The summed E-state index contributed by atoms with van der Waals surface area (Å²) >= 11 is 7.09. The number of amides is 1. The third-order valence-electron chi connectivity index (χ3n) is 2.87. The Hall–Kier alpha value is -1.59. The first kappa shape index (κ1) is 14.8. The molecular weight excluding hydrogens is 298 g/mol. The lowest BCUT2D eigenvalue weighted by atomic mass is 10.2. The van der Waals surface area contributed by atoms with E-state index in [9.17, 15) is 9.59 Å². The number of carboxylic acid groups (broad SMARTS) is 1. The Kier molecular flexibility index (Phi) is 4.98. The van der Waals surface area contributed by atoms with Crippen molar-refractivity contribution in [1.29, 1.82) is 0 Å². The number of alkyl halides is 1. The zero-order valence-corrected chi connectivity index (χ0v) is 12.3. The molecule has 106 valence electrons. The molecule has 1 N–H and O–H groups in total. The molecule has 0 bridgehead atoms. The molecule has 0 radical (unpaired) electrons. The zero-order valence-electron chi connectivity index (χ0n) is 10.7. The highest BCUT2D eigenvalue weighted by molar-refractivity contribution is 7.17. The maximum absolute atomic E-state index is 12.2. The first-order valence-electron chi connectivity index (χ1n) is 6.18. The van der Waals surface area contributed by atoms with Crippen LogP contribution in [-0.4, -0.2) is 29.4 Å². The smallest absolute Gasteiger partial charge is 0.323 e. The zero-order chi connectivity index (χ0) is 14.5. The molecule has 6 heteroatoms. The van der Waals surface area contributed by atoms with Gasteiger partial charge in [-0.05, 0) is 12.5 Å². The molecule has 1 amide bonds. The summed E-state index contributed by atoms with van der Waals surface area (Å²) in [7, 11) is 0. The topological polar surface area (TPSA) is 57.6 Å². The first-order valence-corrected chi connectivity index (χ1v) is 7.59. The average molecular weight is 312 g/mol. The number of halogens is 1. The van der Waals surface area contributed by atoms with Crippen LogP contribution in [0.2, 0.25) is 0 Å².